The van der Waals surface area contributed by atoms with Crippen LogP contribution >= 0.6 is 0 Å². The number of hydrogen-bond donors (Lipinski definition) is 2. The monoisotopic (exact) mass is 219 g/mol. The van der Waals surface area contributed by atoms with Crippen LogP contribution in [-0.4, -0.2) is 41.1 Å². The van der Waals surface area contributed by atoms with Crippen LogP contribution in [-0.2, 0) is 0 Å². The molecule has 4 heteroatoms. The van der Waals surface area contributed by atoms with Gasteiger partial charge in [-0.05, 0) is 24.6 Å². The van der Waals surface area contributed by atoms with Gasteiger partial charge in [0.25, 0.3) is 5.91 Å². The molecule has 1 amide bonds. The molecule has 0 aromatic heterocycles. The first-order valence-corrected chi connectivity index (χ1v) is 5.30. The van der Waals surface area contributed by atoms with E-state index in [-0.39, 0.29) is 12.5 Å². The summed E-state index contributed by atoms with van der Waals surface area (Å²) in [5.74, 6) is -0.0326. The number of nitrogens with two attached hydrogens (primary N) is 1. The first kappa shape index (κ1) is 11.1. The van der Waals surface area contributed by atoms with Crippen LogP contribution in [0.25, 0.3) is 0 Å². The number of amides is 1. The zero-order valence-corrected chi connectivity index (χ0v) is 9.02. The zero-order valence-electron chi connectivity index (χ0n) is 9.02. The van der Waals surface area contributed by atoms with Crippen molar-refractivity contribution in [2.45, 2.75) is 12.0 Å². The van der Waals surface area contributed by atoms with Crippen LogP contribution in [0.1, 0.15) is 16.8 Å². The minimum atomic E-state index is -0.628. The summed E-state index contributed by atoms with van der Waals surface area (Å²) in [6.07, 6.45) is 0.647. The van der Waals surface area contributed by atoms with E-state index in [9.17, 15) is 4.79 Å². The normalized spacial score (nSPS) is 24.8. The van der Waals surface area contributed by atoms with E-state index in [4.69, 9.17) is 10.8 Å². The van der Waals surface area contributed by atoms with Gasteiger partial charge in [0.05, 0.1) is 12.1 Å². The molecule has 85 valence electrons. The van der Waals surface area contributed by atoms with Crippen LogP contribution in [0.3, 0.4) is 0 Å². The lowest BCUT2D eigenvalue weighted by atomic mass is 10.0. The smallest absolute Gasteiger partial charge is 0.253 e. The first-order valence-electron chi connectivity index (χ1n) is 5.30. The summed E-state index contributed by atoms with van der Waals surface area (Å²) in [6.45, 7) is 0.939. The van der Waals surface area contributed by atoms with Crippen LogP contribution in [0.4, 0.5) is 0 Å². The van der Waals surface area contributed by atoms with Gasteiger partial charge in [0, 0.05) is 18.7 Å². The maximum absolute atomic E-state index is 12.0. The quantitative estimate of drug-likeness (QED) is 0.737. The Labute approximate surface area is 94.7 Å². The van der Waals surface area contributed by atoms with Crippen molar-refractivity contribution in [3.63, 3.8) is 0 Å². The Morgan fingerprint density at radius 2 is 2.25 bits per heavy atom. The van der Waals surface area contributed by atoms with Gasteiger partial charge < -0.3 is 15.7 Å². The molecule has 0 spiro atoms. The molecule has 16 heavy (non-hydrogen) atoms. The fourth-order valence-corrected chi connectivity index (χ4v) is 1.91. The summed E-state index contributed by atoms with van der Waals surface area (Å²) in [5, 5.41) is 9.13. The summed E-state index contributed by atoms with van der Waals surface area (Å²) in [5.41, 5.74) is 5.93. The Bertz CT molecular complexity index is 380. The van der Waals surface area contributed by atoms with Crippen molar-refractivity contribution in [1.29, 1.82) is 0 Å². The molecule has 2 rings (SSSR count). The predicted octanol–water partition coefficient (Wildman–Crippen LogP) is 0.0225. The minimum absolute atomic E-state index is 0.0326. The van der Waals surface area contributed by atoms with E-state index in [0.29, 0.717) is 25.1 Å². The van der Waals surface area contributed by atoms with Gasteiger partial charge in [0.2, 0.25) is 0 Å². The second-order valence-corrected chi connectivity index (χ2v) is 4.29. The third kappa shape index (κ3) is 2.08. The van der Waals surface area contributed by atoms with Crippen LogP contribution in [0, 0.1) is 6.07 Å². The Morgan fingerprint density at radius 3 is 2.81 bits per heavy atom. The van der Waals surface area contributed by atoms with E-state index in [1.54, 1.807) is 29.2 Å². The predicted molar refractivity (Wildman–Crippen MR) is 59.8 cm³/mol. The molecule has 1 aliphatic rings. The second-order valence-electron chi connectivity index (χ2n) is 4.29. The largest absolute Gasteiger partial charge is 0.394 e. The van der Waals surface area contributed by atoms with E-state index in [2.05, 4.69) is 6.07 Å². The van der Waals surface area contributed by atoms with E-state index < -0.39 is 5.54 Å². The molecular weight excluding hydrogens is 204 g/mol. The van der Waals surface area contributed by atoms with Gasteiger partial charge in [0.1, 0.15) is 0 Å². The van der Waals surface area contributed by atoms with Crippen molar-refractivity contribution in [1.82, 2.24) is 4.90 Å². The molecular formula is C12H15N2O2. The maximum Gasteiger partial charge on any atom is 0.253 e. The lowest BCUT2D eigenvalue weighted by Crippen LogP contribution is -2.46. The van der Waals surface area contributed by atoms with Gasteiger partial charge in [-0.1, -0.05) is 12.1 Å². The summed E-state index contributed by atoms with van der Waals surface area (Å²) >= 11 is 0. The number of carbonyl (C=O) groups is 1. The number of aliphatic hydroxyl groups excluding tert-OH is 1. The molecule has 0 unspecified atom stereocenters. The van der Waals surface area contributed by atoms with Crippen molar-refractivity contribution in [2.24, 2.45) is 5.73 Å². The summed E-state index contributed by atoms with van der Waals surface area (Å²) in [7, 11) is 0. The number of rotatable bonds is 2. The Morgan fingerprint density at radius 1 is 1.56 bits per heavy atom. The van der Waals surface area contributed by atoms with Crippen LogP contribution < -0.4 is 5.73 Å². The van der Waals surface area contributed by atoms with Crippen molar-refractivity contribution >= 4 is 5.91 Å². The van der Waals surface area contributed by atoms with Gasteiger partial charge in [0.15, 0.2) is 0 Å². The number of benzene rings is 1. The summed E-state index contributed by atoms with van der Waals surface area (Å²) in [4.78, 5) is 13.7. The number of hydrogen-bond acceptors (Lipinski definition) is 3. The standard InChI is InChI=1S/C12H15N2O2/c13-12(9-15)6-7-14(8-12)11(16)10-4-2-1-3-5-10/h2-5,15H,6-9,13H2/t12-/m1/s1. The molecule has 1 fully saturated rings. The third-order valence-electron chi connectivity index (χ3n) is 2.95. The third-order valence-corrected chi connectivity index (χ3v) is 2.95. The van der Waals surface area contributed by atoms with Crippen molar-refractivity contribution in [3.8, 4) is 0 Å². The van der Waals surface area contributed by atoms with E-state index in [1.165, 1.54) is 0 Å². The highest BCUT2D eigenvalue weighted by atomic mass is 16.3. The van der Waals surface area contributed by atoms with Crippen molar-refractivity contribution < 1.29 is 9.90 Å². The lowest BCUT2D eigenvalue weighted by molar-refractivity contribution is 0.0775. The Kier molecular flexibility index (Phi) is 2.94. The molecule has 1 atom stereocenters. The van der Waals surface area contributed by atoms with Gasteiger partial charge in [-0.2, -0.15) is 0 Å². The van der Waals surface area contributed by atoms with Gasteiger partial charge in [-0.25, -0.2) is 0 Å². The molecule has 1 aromatic carbocycles. The highest BCUT2D eigenvalue weighted by Gasteiger charge is 2.36. The van der Waals surface area contributed by atoms with E-state index in [1.807, 2.05) is 0 Å². The molecule has 0 bridgehead atoms. The zero-order chi connectivity index (χ0) is 11.6. The molecule has 3 N–H and O–H groups in total. The minimum Gasteiger partial charge on any atom is -0.394 e. The number of nitrogens with zero attached hydrogens (tertiary/aromatic N) is 1. The van der Waals surface area contributed by atoms with Crippen LogP contribution in [0.15, 0.2) is 24.3 Å². The summed E-state index contributed by atoms with van der Waals surface area (Å²) < 4.78 is 0. The molecule has 0 saturated carbocycles. The molecule has 1 heterocycles. The fourth-order valence-electron chi connectivity index (χ4n) is 1.91. The highest BCUT2D eigenvalue weighted by molar-refractivity contribution is 5.94. The van der Waals surface area contributed by atoms with Crippen molar-refractivity contribution in [3.05, 3.63) is 35.9 Å². The molecule has 1 aromatic rings. The van der Waals surface area contributed by atoms with Gasteiger partial charge in [-0.3, -0.25) is 4.79 Å². The van der Waals surface area contributed by atoms with E-state index >= 15 is 0 Å². The first-order chi connectivity index (χ1) is 7.64. The van der Waals surface area contributed by atoms with Gasteiger partial charge >= 0.3 is 0 Å². The molecule has 1 radical (unpaired) electrons. The van der Waals surface area contributed by atoms with Gasteiger partial charge in [-0.15, -0.1) is 0 Å². The van der Waals surface area contributed by atoms with Crippen LogP contribution in [0.2, 0.25) is 0 Å². The topological polar surface area (TPSA) is 66.6 Å². The molecule has 1 aliphatic heterocycles. The fraction of sp³-hybridized carbons (Fsp3) is 0.417. The lowest BCUT2D eigenvalue weighted by Gasteiger charge is -2.21. The highest BCUT2D eigenvalue weighted by Crippen LogP contribution is 2.20. The Hall–Kier alpha value is -1.39. The SMILES string of the molecule is N[C@]1(CO)CCN(C(=O)c2cc[c]cc2)C1. The average molecular weight is 219 g/mol. The number of carbonyl (C=O) groups excluding carboxylic acids is 1. The van der Waals surface area contributed by atoms with E-state index in [0.717, 1.165) is 0 Å². The maximum atomic E-state index is 12.0. The van der Waals surface area contributed by atoms with Crippen LogP contribution in [0.5, 0.6) is 0 Å². The molecule has 0 aliphatic carbocycles. The number of likely N-dealkylation sites (tertiary alicyclic amines) is 1. The second kappa shape index (κ2) is 4.23. The summed E-state index contributed by atoms with van der Waals surface area (Å²) in [6, 6.07) is 9.76. The number of aliphatic hydroxyl groups is 1. The average Bonchev–Trinajstić information content (AvgIpc) is 2.73. The molecule has 1 saturated heterocycles. The molecule has 4 nitrogen and oxygen atoms in total. The Balaban J connectivity index is 2.08. The van der Waals surface area contributed by atoms with Crippen molar-refractivity contribution in [2.75, 3.05) is 19.7 Å².